The van der Waals surface area contributed by atoms with Crippen molar-refractivity contribution in [3.05, 3.63) is 0 Å². The highest BCUT2D eigenvalue weighted by molar-refractivity contribution is 9.09. The number of hydrogen-bond donors (Lipinski definition) is 0. The van der Waals surface area contributed by atoms with Gasteiger partial charge in [0.15, 0.2) is 0 Å². The Morgan fingerprint density at radius 3 is 1.89 bits per heavy atom. The van der Waals surface area contributed by atoms with Crippen LogP contribution in [0.15, 0.2) is 0 Å². The van der Waals surface area contributed by atoms with Gasteiger partial charge in [0.2, 0.25) is 0 Å². The van der Waals surface area contributed by atoms with Gasteiger partial charge in [0, 0.05) is 6.54 Å². The number of rotatable bonds is 2. The monoisotopic (exact) mass is 193 g/mol. The fraction of sp³-hybridized carbons (Fsp3) is 1.00. The van der Waals surface area contributed by atoms with Crippen molar-refractivity contribution in [3.63, 3.8) is 0 Å². The third-order valence-corrected chi connectivity index (χ3v) is 1.80. The third-order valence-electron chi connectivity index (χ3n) is 0.948. The molecule has 9 heavy (non-hydrogen) atoms. The molecule has 0 aromatic heterocycles. The zero-order valence-electron chi connectivity index (χ0n) is 6.74. The zero-order chi connectivity index (χ0) is 7.49. The van der Waals surface area contributed by atoms with Crippen molar-refractivity contribution in [2.45, 2.75) is 20.8 Å². The van der Waals surface area contributed by atoms with Gasteiger partial charge >= 0.3 is 0 Å². The molecule has 56 valence electrons. The first-order chi connectivity index (χ1) is 3.95. The summed E-state index contributed by atoms with van der Waals surface area (Å²) in [5, 5.41) is 0. The van der Waals surface area contributed by atoms with Crippen LogP contribution in [-0.4, -0.2) is 23.9 Å². The van der Waals surface area contributed by atoms with Crippen LogP contribution in [0.4, 0.5) is 0 Å². The molecule has 0 radical (unpaired) electrons. The molecule has 2 heteroatoms. The van der Waals surface area contributed by atoms with E-state index in [1.54, 1.807) is 0 Å². The minimum atomic E-state index is 0.419. The minimum absolute atomic E-state index is 0.419. The maximum atomic E-state index is 3.39. The van der Waals surface area contributed by atoms with Crippen LogP contribution < -0.4 is 0 Å². The molecule has 0 amide bonds. The van der Waals surface area contributed by atoms with Gasteiger partial charge < -0.3 is 0 Å². The molecule has 0 N–H and O–H groups in total. The molecule has 0 unspecified atom stereocenters. The summed E-state index contributed by atoms with van der Waals surface area (Å²) in [6.07, 6.45) is 0. The van der Waals surface area contributed by atoms with Crippen molar-refractivity contribution in [1.29, 1.82) is 0 Å². The van der Waals surface area contributed by atoms with Crippen LogP contribution in [0.2, 0.25) is 0 Å². The lowest BCUT2D eigenvalue weighted by atomic mass is 9.97. The largest absolute Gasteiger partial charge is 0.296 e. The Bertz CT molecular complexity index is 75.5. The first kappa shape index (κ1) is 9.44. The third kappa shape index (κ3) is 6.32. The van der Waals surface area contributed by atoms with Gasteiger partial charge in [0.25, 0.3) is 0 Å². The van der Waals surface area contributed by atoms with E-state index in [-0.39, 0.29) is 0 Å². The Kier molecular flexibility index (Phi) is 3.74. The Morgan fingerprint density at radius 1 is 1.33 bits per heavy atom. The van der Waals surface area contributed by atoms with Gasteiger partial charge in [-0.15, -0.1) is 0 Å². The molecule has 0 saturated carbocycles. The van der Waals surface area contributed by atoms with E-state index in [0.717, 1.165) is 12.0 Å². The van der Waals surface area contributed by atoms with E-state index in [0.29, 0.717) is 5.41 Å². The summed E-state index contributed by atoms with van der Waals surface area (Å²) in [5.74, 6) is 0. The van der Waals surface area contributed by atoms with Crippen LogP contribution >= 0.6 is 15.9 Å². The quantitative estimate of drug-likeness (QED) is 0.481. The first-order valence-electron chi connectivity index (χ1n) is 3.20. The molecule has 0 rings (SSSR count). The second-order valence-corrected chi connectivity index (χ2v) is 4.20. The normalized spacial score (nSPS) is 12.7. The first-order valence-corrected chi connectivity index (χ1v) is 4.32. The van der Waals surface area contributed by atoms with Crippen LogP contribution in [0.1, 0.15) is 20.8 Å². The molecular weight excluding hydrogens is 178 g/mol. The highest BCUT2D eigenvalue weighted by Crippen LogP contribution is 2.14. The van der Waals surface area contributed by atoms with Crippen molar-refractivity contribution in [3.8, 4) is 0 Å². The highest BCUT2D eigenvalue weighted by Gasteiger charge is 2.11. The minimum Gasteiger partial charge on any atom is -0.296 e. The van der Waals surface area contributed by atoms with Crippen molar-refractivity contribution < 1.29 is 0 Å². The van der Waals surface area contributed by atoms with Crippen molar-refractivity contribution in [2.75, 3.05) is 19.0 Å². The van der Waals surface area contributed by atoms with E-state index >= 15 is 0 Å². The fourth-order valence-electron chi connectivity index (χ4n) is 0.852. The maximum absolute atomic E-state index is 3.39. The van der Waals surface area contributed by atoms with Gasteiger partial charge in [-0.2, -0.15) is 0 Å². The predicted molar refractivity (Wildman–Crippen MR) is 45.9 cm³/mol. The van der Waals surface area contributed by atoms with E-state index < -0.39 is 0 Å². The van der Waals surface area contributed by atoms with E-state index in [9.17, 15) is 0 Å². The van der Waals surface area contributed by atoms with E-state index in [1.807, 2.05) is 0 Å². The molecule has 0 atom stereocenters. The Hall–Kier alpha value is 0.440. The summed E-state index contributed by atoms with van der Waals surface area (Å²) in [6.45, 7) is 7.86. The molecular formula is C7H16BrN. The summed E-state index contributed by atoms with van der Waals surface area (Å²) in [7, 11) is 2.11. The average molecular weight is 194 g/mol. The summed E-state index contributed by atoms with van der Waals surface area (Å²) in [4.78, 5) is 2.25. The summed E-state index contributed by atoms with van der Waals surface area (Å²) in [5.41, 5.74) is 1.38. The van der Waals surface area contributed by atoms with Crippen LogP contribution in [0.5, 0.6) is 0 Å². The molecule has 0 aliphatic heterocycles. The predicted octanol–water partition coefficient (Wildman–Crippen LogP) is 2.32. The SMILES string of the molecule is CN(CBr)CC(C)(C)C. The summed E-state index contributed by atoms with van der Waals surface area (Å²) in [6, 6.07) is 0. The van der Waals surface area contributed by atoms with Crippen molar-refractivity contribution in [2.24, 2.45) is 5.41 Å². The number of halogens is 1. The Morgan fingerprint density at radius 2 is 1.78 bits per heavy atom. The Labute approximate surface area is 66.6 Å². The molecule has 0 aliphatic carbocycles. The molecule has 0 fully saturated rings. The van der Waals surface area contributed by atoms with Crippen LogP contribution in [0.3, 0.4) is 0 Å². The number of alkyl halides is 1. The second-order valence-electron chi connectivity index (χ2n) is 3.69. The molecule has 0 aromatic rings. The number of hydrogen-bond acceptors (Lipinski definition) is 1. The molecule has 1 nitrogen and oxygen atoms in total. The molecule has 0 heterocycles. The van der Waals surface area contributed by atoms with Crippen molar-refractivity contribution in [1.82, 2.24) is 4.90 Å². The van der Waals surface area contributed by atoms with Gasteiger partial charge in [-0.05, 0) is 12.5 Å². The van der Waals surface area contributed by atoms with Crippen molar-refractivity contribution >= 4 is 15.9 Å². The van der Waals surface area contributed by atoms with Gasteiger partial charge in [0.05, 0.1) is 5.45 Å². The van der Waals surface area contributed by atoms with E-state index in [2.05, 4.69) is 48.6 Å². The topological polar surface area (TPSA) is 3.24 Å². The van der Waals surface area contributed by atoms with E-state index in [1.165, 1.54) is 0 Å². The summed E-state index contributed by atoms with van der Waals surface area (Å²) < 4.78 is 0. The lowest BCUT2D eigenvalue weighted by molar-refractivity contribution is 0.257. The lowest BCUT2D eigenvalue weighted by Gasteiger charge is -2.24. The summed E-state index contributed by atoms with van der Waals surface area (Å²) >= 11 is 3.39. The van der Waals surface area contributed by atoms with Crippen LogP contribution in [0, 0.1) is 5.41 Å². The average Bonchev–Trinajstić information content (AvgIpc) is 1.62. The van der Waals surface area contributed by atoms with E-state index in [4.69, 9.17) is 0 Å². The smallest absolute Gasteiger partial charge is 0.0539 e. The molecule has 0 saturated heterocycles. The molecule has 0 spiro atoms. The van der Waals surface area contributed by atoms with Gasteiger partial charge in [-0.3, -0.25) is 4.90 Å². The molecule has 0 bridgehead atoms. The Balaban J connectivity index is 3.47. The zero-order valence-corrected chi connectivity index (χ0v) is 8.33. The van der Waals surface area contributed by atoms with Crippen LogP contribution in [0.25, 0.3) is 0 Å². The lowest BCUT2D eigenvalue weighted by Crippen LogP contribution is -2.27. The van der Waals surface area contributed by atoms with Gasteiger partial charge in [-0.25, -0.2) is 0 Å². The van der Waals surface area contributed by atoms with Gasteiger partial charge in [0.1, 0.15) is 0 Å². The van der Waals surface area contributed by atoms with Gasteiger partial charge in [-0.1, -0.05) is 36.7 Å². The standard InChI is InChI=1S/C7H16BrN/c1-7(2,3)5-9(4)6-8/h5-6H2,1-4H3. The number of nitrogens with zero attached hydrogens (tertiary/aromatic N) is 1. The fourth-order valence-corrected chi connectivity index (χ4v) is 1.03. The maximum Gasteiger partial charge on any atom is 0.0539 e. The molecule has 0 aromatic carbocycles. The second kappa shape index (κ2) is 3.57. The van der Waals surface area contributed by atoms with Crippen LogP contribution in [-0.2, 0) is 0 Å². The highest BCUT2D eigenvalue weighted by atomic mass is 79.9. The molecule has 0 aliphatic rings.